The van der Waals surface area contributed by atoms with E-state index in [1.165, 1.54) is 6.33 Å². The third-order valence-electron chi connectivity index (χ3n) is 2.95. The molecule has 0 saturated heterocycles. The van der Waals surface area contributed by atoms with E-state index < -0.39 is 0 Å². The first-order chi connectivity index (χ1) is 8.90. The Hall–Kier alpha value is -2.69. The molecule has 0 aliphatic rings. The highest BCUT2D eigenvalue weighted by molar-refractivity contribution is 5.82. The van der Waals surface area contributed by atoms with Crippen LogP contribution in [-0.2, 0) is 0 Å². The number of benzene rings is 1. The van der Waals surface area contributed by atoms with Gasteiger partial charge in [-0.1, -0.05) is 18.2 Å². The van der Waals surface area contributed by atoms with Gasteiger partial charge in [0.25, 0.3) is 0 Å². The highest BCUT2D eigenvalue weighted by atomic mass is 15.3. The van der Waals surface area contributed by atoms with Crippen LogP contribution in [0.1, 0.15) is 0 Å². The quantitative estimate of drug-likeness (QED) is 0.550. The van der Waals surface area contributed by atoms with E-state index in [-0.39, 0.29) is 0 Å². The summed E-state index contributed by atoms with van der Waals surface area (Å²) in [5.41, 5.74) is 2.72. The van der Waals surface area contributed by atoms with Crippen molar-refractivity contribution in [1.82, 2.24) is 24.7 Å². The number of H-pyrrole nitrogens is 1. The number of hydrogen-bond acceptors (Lipinski definition) is 3. The molecule has 18 heavy (non-hydrogen) atoms. The molecule has 0 fully saturated rings. The van der Waals surface area contributed by atoms with E-state index in [0.29, 0.717) is 0 Å². The lowest BCUT2D eigenvalue weighted by atomic mass is 10.2. The summed E-state index contributed by atoms with van der Waals surface area (Å²) in [5, 5.41) is 5.60. The molecule has 4 aromatic rings. The van der Waals surface area contributed by atoms with Crippen LogP contribution in [0, 0.1) is 0 Å². The number of nitrogens with zero attached hydrogens (tertiary/aromatic N) is 4. The Labute approximate surface area is 102 Å². The summed E-state index contributed by atoms with van der Waals surface area (Å²) in [5.74, 6) is 0.925. The summed E-state index contributed by atoms with van der Waals surface area (Å²) >= 11 is 0. The zero-order valence-electron chi connectivity index (χ0n) is 9.41. The van der Waals surface area contributed by atoms with Gasteiger partial charge in [0.1, 0.15) is 23.2 Å². The number of hydrogen-bond donors (Lipinski definition) is 1. The number of aromatic amines is 1. The fourth-order valence-electron chi connectivity index (χ4n) is 2.07. The first kappa shape index (κ1) is 9.35. The fourth-order valence-corrected chi connectivity index (χ4v) is 2.07. The first-order valence-corrected chi connectivity index (χ1v) is 5.64. The summed E-state index contributed by atoms with van der Waals surface area (Å²) in [6.45, 7) is 0. The Bertz CT molecular complexity index is 704. The second-order valence-electron chi connectivity index (χ2n) is 4.11. The van der Waals surface area contributed by atoms with Gasteiger partial charge in [0, 0.05) is 10.9 Å². The van der Waals surface area contributed by atoms with Gasteiger partial charge in [0.05, 0.1) is 12.4 Å². The third kappa shape index (κ3) is 1.31. The van der Waals surface area contributed by atoms with Gasteiger partial charge in [0.15, 0.2) is 0 Å². The highest BCUT2D eigenvalue weighted by Crippen LogP contribution is 2.18. The number of aromatic nitrogens is 5. The number of rotatable bonds is 1. The Morgan fingerprint density at radius 2 is 2.06 bits per heavy atom. The van der Waals surface area contributed by atoms with Gasteiger partial charge < -0.3 is 4.98 Å². The predicted octanol–water partition coefficient (Wildman–Crippen LogP) is 2.30. The highest BCUT2D eigenvalue weighted by Gasteiger charge is 2.06. The van der Waals surface area contributed by atoms with E-state index >= 15 is 0 Å². The van der Waals surface area contributed by atoms with E-state index in [1.54, 1.807) is 10.9 Å². The predicted molar refractivity (Wildman–Crippen MR) is 68.5 cm³/mol. The van der Waals surface area contributed by atoms with Crippen molar-refractivity contribution in [3.63, 3.8) is 0 Å². The van der Waals surface area contributed by atoms with Crippen LogP contribution in [-0.4, -0.2) is 24.7 Å². The van der Waals surface area contributed by atoms with Crippen molar-refractivity contribution in [2.75, 3.05) is 0 Å². The number of nitrogens with one attached hydrogen (secondary N) is 1. The average Bonchev–Trinajstić information content (AvgIpc) is 3.02. The Kier molecular flexibility index (Phi) is 1.77. The smallest absolute Gasteiger partial charge is 0.132 e. The van der Waals surface area contributed by atoms with Crippen molar-refractivity contribution in [2.45, 2.75) is 0 Å². The van der Waals surface area contributed by atoms with Crippen LogP contribution in [0.15, 0.2) is 49.1 Å². The maximum atomic E-state index is 4.44. The Morgan fingerprint density at radius 1 is 1.11 bits per heavy atom. The molecule has 1 N–H and O–H groups in total. The van der Waals surface area contributed by atoms with Gasteiger partial charge in [-0.3, -0.25) is 0 Å². The van der Waals surface area contributed by atoms with E-state index in [1.807, 2.05) is 24.4 Å². The van der Waals surface area contributed by atoms with Crippen molar-refractivity contribution < 1.29 is 0 Å². The Balaban J connectivity index is 1.95. The van der Waals surface area contributed by atoms with E-state index in [2.05, 4.69) is 32.2 Å². The number of fused-ring (bicyclic) bond motifs is 2. The maximum absolute atomic E-state index is 4.44. The van der Waals surface area contributed by atoms with Gasteiger partial charge in [-0.05, 0) is 12.1 Å². The fraction of sp³-hybridized carbons (Fsp3) is 0. The van der Waals surface area contributed by atoms with Crippen LogP contribution >= 0.6 is 0 Å². The molecule has 0 spiro atoms. The zero-order valence-corrected chi connectivity index (χ0v) is 9.41. The van der Waals surface area contributed by atoms with Crippen molar-refractivity contribution in [3.8, 4) is 5.82 Å². The lowest BCUT2D eigenvalue weighted by molar-refractivity contribution is 0.871. The van der Waals surface area contributed by atoms with Crippen molar-refractivity contribution in [3.05, 3.63) is 49.1 Å². The van der Waals surface area contributed by atoms with E-state index in [9.17, 15) is 0 Å². The molecular formula is C13H9N5. The molecule has 5 nitrogen and oxygen atoms in total. The molecular weight excluding hydrogens is 226 g/mol. The molecule has 3 aromatic heterocycles. The van der Waals surface area contributed by atoms with E-state index in [0.717, 1.165) is 27.8 Å². The molecule has 4 rings (SSSR count). The second kappa shape index (κ2) is 3.40. The molecule has 0 saturated carbocycles. The molecule has 3 heterocycles. The Morgan fingerprint density at radius 3 is 2.94 bits per heavy atom. The molecule has 0 unspecified atom stereocenters. The minimum Gasteiger partial charge on any atom is -0.340 e. The maximum Gasteiger partial charge on any atom is 0.132 e. The minimum absolute atomic E-state index is 0.788. The molecule has 0 aliphatic carbocycles. The lowest BCUT2D eigenvalue weighted by Gasteiger charge is -1.93. The molecule has 1 aromatic carbocycles. The van der Waals surface area contributed by atoms with Gasteiger partial charge in [-0.2, -0.15) is 5.10 Å². The topological polar surface area (TPSA) is 59.4 Å². The largest absolute Gasteiger partial charge is 0.340 e. The van der Waals surface area contributed by atoms with Gasteiger partial charge in [-0.25, -0.2) is 14.6 Å². The summed E-state index contributed by atoms with van der Waals surface area (Å²) < 4.78 is 1.79. The third-order valence-corrected chi connectivity index (χ3v) is 2.95. The van der Waals surface area contributed by atoms with Gasteiger partial charge in [-0.15, -0.1) is 0 Å². The van der Waals surface area contributed by atoms with Gasteiger partial charge in [0.2, 0.25) is 0 Å². The lowest BCUT2D eigenvalue weighted by Crippen LogP contribution is -1.93. The van der Waals surface area contributed by atoms with Crippen LogP contribution in [0.25, 0.3) is 27.8 Å². The van der Waals surface area contributed by atoms with E-state index in [4.69, 9.17) is 0 Å². The van der Waals surface area contributed by atoms with Crippen LogP contribution < -0.4 is 0 Å². The normalized spacial score (nSPS) is 11.3. The van der Waals surface area contributed by atoms with Crippen LogP contribution in [0.5, 0.6) is 0 Å². The zero-order chi connectivity index (χ0) is 11.9. The van der Waals surface area contributed by atoms with Crippen LogP contribution in [0.4, 0.5) is 0 Å². The molecule has 0 radical (unpaired) electrons. The average molecular weight is 235 g/mol. The standard InChI is InChI=1S/C13H9N5/c1-2-4-10-9(3-1)5-13(16-10)18-7-12-11(17-18)6-14-8-15-12/h1-8,16H. The van der Waals surface area contributed by atoms with Gasteiger partial charge >= 0.3 is 0 Å². The van der Waals surface area contributed by atoms with Crippen molar-refractivity contribution >= 4 is 21.9 Å². The molecule has 0 aliphatic heterocycles. The summed E-state index contributed by atoms with van der Waals surface area (Å²) in [6, 6.07) is 10.2. The summed E-state index contributed by atoms with van der Waals surface area (Å²) in [4.78, 5) is 11.5. The summed E-state index contributed by atoms with van der Waals surface area (Å²) in [7, 11) is 0. The number of para-hydroxylation sites is 1. The molecule has 0 atom stereocenters. The molecule has 86 valence electrons. The second-order valence-corrected chi connectivity index (χ2v) is 4.11. The first-order valence-electron chi connectivity index (χ1n) is 5.64. The van der Waals surface area contributed by atoms with Crippen molar-refractivity contribution in [1.29, 1.82) is 0 Å². The van der Waals surface area contributed by atoms with Crippen molar-refractivity contribution in [2.24, 2.45) is 0 Å². The van der Waals surface area contributed by atoms with Crippen LogP contribution in [0.3, 0.4) is 0 Å². The molecule has 5 heteroatoms. The SMILES string of the molecule is c1ccc2[nH]c(-n3cc4ncncc4n3)cc2c1. The molecule has 0 bridgehead atoms. The minimum atomic E-state index is 0.788. The summed E-state index contributed by atoms with van der Waals surface area (Å²) in [6.07, 6.45) is 5.13. The molecule has 0 amide bonds. The van der Waals surface area contributed by atoms with Crippen LogP contribution in [0.2, 0.25) is 0 Å². The monoisotopic (exact) mass is 235 g/mol.